The van der Waals surface area contributed by atoms with Crippen molar-refractivity contribution in [2.45, 2.75) is 6.54 Å². The van der Waals surface area contributed by atoms with E-state index in [0.717, 1.165) is 18.2 Å². The summed E-state index contributed by atoms with van der Waals surface area (Å²) in [7, 11) is -2.85. The van der Waals surface area contributed by atoms with Crippen LogP contribution in [-0.2, 0) is 25.3 Å². The van der Waals surface area contributed by atoms with Crippen LogP contribution in [0.15, 0.2) is 65.5 Å². The first kappa shape index (κ1) is 17.3. The first-order valence-corrected chi connectivity index (χ1v) is 8.86. The van der Waals surface area contributed by atoms with E-state index in [1.165, 1.54) is 0 Å². The summed E-state index contributed by atoms with van der Waals surface area (Å²) in [6.45, 7) is 0.348. The van der Waals surface area contributed by atoms with Gasteiger partial charge in [-0.3, -0.25) is 4.18 Å². The van der Waals surface area contributed by atoms with Crippen LogP contribution < -0.4 is 4.57 Å². The summed E-state index contributed by atoms with van der Waals surface area (Å²) in [4.78, 5) is 4.30. The predicted octanol–water partition coefficient (Wildman–Crippen LogP) is 2.20. The lowest BCUT2D eigenvalue weighted by Crippen LogP contribution is -2.35. The van der Waals surface area contributed by atoms with E-state index in [2.05, 4.69) is 13.4 Å². The van der Waals surface area contributed by atoms with Crippen LogP contribution in [0, 0.1) is 0 Å². The van der Waals surface area contributed by atoms with Gasteiger partial charge in [0.05, 0.1) is 13.3 Å². The Bertz CT molecular complexity index is 921. The fourth-order valence-corrected chi connectivity index (χ4v) is 2.56. The van der Waals surface area contributed by atoms with Crippen LogP contribution in [0.1, 0.15) is 0 Å². The maximum Gasteiger partial charge on any atom is 0.399 e. The smallest absolute Gasteiger partial charge is 0.399 e. The van der Waals surface area contributed by atoms with E-state index in [-0.39, 0.29) is 6.61 Å². The highest BCUT2D eigenvalue weighted by molar-refractivity contribution is 7.81. The van der Waals surface area contributed by atoms with E-state index in [4.69, 9.17) is 4.42 Å². The fourth-order valence-electron chi connectivity index (χ4n) is 2.19. The maximum absolute atomic E-state index is 11.1. The van der Waals surface area contributed by atoms with Crippen molar-refractivity contribution in [3.8, 4) is 22.8 Å². The molecule has 130 valence electrons. The third kappa shape index (κ3) is 4.50. The predicted molar refractivity (Wildman–Crippen MR) is 89.5 cm³/mol. The van der Waals surface area contributed by atoms with E-state index in [9.17, 15) is 8.42 Å². The number of aromatic nitrogens is 2. The SMILES string of the molecule is COS(=O)(=O)OCC[n+]1ccc(-c2ncc(-c3ccccc3)o2)cc1. The number of hydrogen-bond donors (Lipinski definition) is 0. The lowest BCUT2D eigenvalue weighted by molar-refractivity contribution is -0.697. The van der Waals surface area contributed by atoms with Crippen molar-refractivity contribution in [3.05, 3.63) is 61.1 Å². The highest BCUT2D eigenvalue weighted by atomic mass is 32.3. The highest BCUT2D eigenvalue weighted by Crippen LogP contribution is 2.25. The van der Waals surface area contributed by atoms with Crippen molar-refractivity contribution in [2.24, 2.45) is 0 Å². The Balaban J connectivity index is 1.66. The first-order valence-electron chi connectivity index (χ1n) is 7.53. The largest absolute Gasteiger partial charge is 0.436 e. The molecule has 0 saturated carbocycles. The van der Waals surface area contributed by atoms with Crippen LogP contribution in [0.25, 0.3) is 22.8 Å². The second-order valence-corrected chi connectivity index (χ2v) is 6.50. The fraction of sp³-hybridized carbons (Fsp3) is 0.176. The minimum Gasteiger partial charge on any atom is -0.436 e. The Morgan fingerprint density at radius 3 is 2.48 bits per heavy atom. The van der Waals surface area contributed by atoms with Crippen LogP contribution >= 0.6 is 0 Å². The topological polar surface area (TPSA) is 82.5 Å². The Morgan fingerprint density at radius 1 is 1.08 bits per heavy atom. The maximum atomic E-state index is 11.1. The molecule has 2 aromatic heterocycles. The van der Waals surface area contributed by atoms with Crippen LogP contribution in [0.5, 0.6) is 0 Å². The van der Waals surface area contributed by atoms with Crippen LogP contribution in [0.2, 0.25) is 0 Å². The molecule has 0 atom stereocenters. The zero-order chi connectivity index (χ0) is 17.7. The summed E-state index contributed by atoms with van der Waals surface area (Å²) in [6, 6.07) is 13.4. The highest BCUT2D eigenvalue weighted by Gasteiger charge is 2.12. The molecule has 3 aromatic rings. The van der Waals surface area contributed by atoms with Gasteiger partial charge < -0.3 is 4.42 Å². The first-order chi connectivity index (χ1) is 12.1. The van der Waals surface area contributed by atoms with Crippen molar-refractivity contribution in [3.63, 3.8) is 0 Å². The van der Waals surface area contributed by atoms with E-state index < -0.39 is 10.4 Å². The molecule has 0 unspecified atom stereocenters. The summed E-state index contributed by atoms with van der Waals surface area (Å²) < 4.78 is 38.6. The van der Waals surface area contributed by atoms with Gasteiger partial charge in [0.25, 0.3) is 0 Å². The Kier molecular flexibility index (Phi) is 5.22. The number of nitrogens with zero attached hydrogens (tertiary/aromatic N) is 2. The number of rotatable bonds is 7. The molecule has 0 amide bonds. The monoisotopic (exact) mass is 361 g/mol. The van der Waals surface area contributed by atoms with Crippen molar-refractivity contribution in [1.82, 2.24) is 4.98 Å². The number of oxazole rings is 1. The summed E-state index contributed by atoms with van der Waals surface area (Å²) >= 11 is 0. The molecule has 0 spiro atoms. The average molecular weight is 361 g/mol. The van der Waals surface area contributed by atoms with Gasteiger partial charge in [-0.25, -0.2) is 13.7 Å². The summed E-state index contributed by atoms with van der Waals surface area (Å²) in [5.74, 6) is 1.22. The van der Waals surface area contributed by atoms with Gasteiger partial charge in [-0.15, -0.1) is 0 Å². The zero-order valence-corrected chi connectivity index (χ0v) is 14.3. The summed E-state index contributed by atoms with van der Waals surface area (Å²) in [6.07, 6.45) is 5.28. The Morgan fingerprint density at radius 2 is 1.80 bits per heavy atom. The summed E-state index contributed by atoms with van der Waals surface area (Å²) in [5.41, 5.74) is 1.78. The molecule has 0 fully saturated rings. The molecular formula is C17H17N2O5S+. The van der Waals surface area contributed by atoms with Gasteiger partial charge in [0.2, 0.25) is 5.89 Å². The van der Waals surface area contributed by atoms with Crippen molar-refractivity contribution >= 4 is 10.4 Å². The normalized spacial score (nSPS) is 11.6. The lowest BCUT2D eigenvalue weighted by atomic mass is 10.2. The second kappa shape index (κ2) is 7.56. The van der Waals surface area contributed by atoms with Gasteiger partial charge in [-0.1, -0.05) is 30.3 Å². The van der Waals surface area contributed by atoms with E-state index in [1.807, 2.05) is 42.5 Å². The molecule has 1 aromatic carbocycles. The third-order valence-corrected chi connectivity index (χ3v) is 4.35. The minimum atomic E-state index is -3.90. The molecule has 8 heteroatoms. The van der Waals surface area contributed by atoms with Crippen LogP contribution in [0.4, 0.5) is 0 Å². The van der Waals surface area contributed by atoms with E-state index in [1.54, 1.807) is 23.2 Å². The van der Waals surface area contributed by atoms with Gasteiger partial charge in [-0.2, -0.15) is 8.42 Å². The van der Waals surface area contributed by atoms with Crippen molar-refractivity contribution in [2.75, 3.05) is 13.7 Å². The van der Waals surface area contributed by atoms with E-state index in [0.29, 0.717) is 18.2 Å². The molecule has 7 nitrogen and oxygen atoms in total. The number of hydrogen-bond acceptors (Lipinski definition) is 6. The molecule has 2 heterocycles. The molecule has 25 heavy (non-hydrogen) atoms. The second-order valence-electron chi connectivity index (χ2n) is 5.12. The van der Waals surface area contributed by atoms with Gasteiger partial charge in [0.1, 0.15) is 6.61 Å². The molecule has 0 aliphatic rings. The van der Waals surface area contributed by atoms with Crippen molar-refractivity contribution in [1.29, 1.82) is 0 Å². The number of pyridine rings is 1. The molecule has 0 aliphatic heterocycles. The third-order valence-electron chi connectivity index (χ3n) is 3.48. The molecule has 0 N–H and O–H groups in total. The minimum absolute atomic E-state index is 0.0165. The quantitative estimate of drug-likeness (QED) is 0.600. The average Bonchev–Trinajstić information content (AvgIpc) is 3.13. The molecular weight excluding hydrogens is 344 g/mol. The number of benzene rings is 1. The van der Waals surface area contributed by atoms with Crippen LogP contribution in [-0.4, -0.2) is 27.1 Å². The Hall–Kier alpha value is -2.55. The molecule has 0 aliphatic carbocycles. The molecule has 0 saturated heterocycles. The zero-order valence-electron chi connectivity index (χ0n) is 13.5. The summed E-state index contributed by atoms with van der Waals surface area (Å²) in [5, 5.41) is 0. The molecule has 3 rings (SSSR count). The van der Waals surface area contributed by atoms with Crippen LogP contribution in [0.3, 0.4) is 0 Å². The standard InChI is InChI=1S/C17H17N2O5S/c1-22-25(20,21)23-12-11-19-9-7-15(8-10-19)17-18-13-16(24-17)14-5-3-2-4-6-14/h2-10,13H,11-12H2,1H3/q+1. The van der Waals surface area contributed by atoms with E-state index >= 15 is 0 Å². The van der Waals surface area contributed by atoms with Crippen molar-refractivity contribution < 1.29 is 25.8 Å². The van der Waals surface area contributed by atoms with Gasteiger partial charge in [0, 0.05) is 23.3 Å². The lowest BCUT2D eigenvalue weighted by Gasteiger charge is -2.01. The van der Waals surface area contributed by atoms with Gasteiger partial charge in [0.15, 0.2) is 24.7 Å². The molecule has 0 radical (unpaired) electrons. The van der Waals surface area contributed by atoms with Gasteiger partial charge >= 0.3 is 10.4 Å². The van der Waals surface area contributed by atoms with Gasteiger partial charge in [-0.05, 0) is 0 Å². The molecule has 0 bridgehead atoms. The Labute approximate surface area is 145 Å².